The minimum atomic E-state index is -3.29. The molecule has 3 rings (SSSR count). The summed E-state index contributed by atoms with van der Waals surface area (Å²) in [6, 6.07) is 9.16. The number of aromatic nitrogens is 1. The quantitative estimate of drug-likeness (QED) is 0.798. The summed E-state index contributed by atoms with van der Waals surface area (Å²) >= 11 is 0. The van der Waals surface area contributed by atoms with Gasteiger partial charge in [0.25, 0.3) is 0 Å². The highest BCUT2D eigenvalue weighted by atomic mass is 32.2. The number of hydrogen-bond donors (Lipinski definition) is 2. The van der Waals surface area contributed by atoms with Gasteiger partial charge in [-0.1, -0.05) is 13.0 Å². The number of ether oxygens (including phenoxy) is 2. The maximum atomic E-state index is 11.7. The van der Waals surface area contributed by atoms with E-state index in [0.29, 0.717) is 24.5 Å². The van der Waals surface area contributed by atoms with Crippen molar-refractivity contribution in [1.82, 2.24) is 4.98 Å². The number of rotatable bonds is 7. The predicted octanol–water partition coefficient (Wildman–Crippen LogP) is 2.57. The number of benzene rings is 1. The van der Waals surface area contributed by atoms with Gasteiger partial charge in [-0.25, -0.2) is 13.4 Å². The Balaban J connectivity index is 1.58. The Morgan fingerprint density at radius 3 is 2.75 bits per heavy atom. The van der Waals surface area contributed by atoms with E-state index >= 15 is 0 Å². The van der Waals surface area contributed by atoms with Crippen LogP contribution in [0.25, 0.3) is 0 Å². The molecule has 1 aromatic carbocycles. The second-order valence-electron chi connectivity index (χ2n) is 5.39. The zero-order valence-corrected chi connectivity index (χ0v) is 14.1. The lowest BCUT2D eigenvalue weighted by atomic mass is 10.2. The van der Waals surface area contributed by atoms with Gasteiger partial charge in [0.2, 0.25) is 16.8 Å². The smallest absolute Gasteiger partial charge is 0.232 e. The Hall–Kier alpha value is -2.48. The van der Waals surface area contributed by atoms with Gasteiger partial charge < -0.3 is 14.8 Å². The number of anilines is 2. The van der Waals surface area contributed by atoms with Crippen LogP contribution in [0.15, 0.2) is 36.5 Å². The maximum Gasteiger partial charge on any atom is 0.232 e. The third-order valence-electron chi connectivity index (χ3n) is 3.42. The normalized spacial score (nSPS) is 12.9. The van der Waals surface area contributed by atoms with Gasteiger partial charge in [0, 0.05) is 6.54 Å². The van der Waals surface area contributed by atoms with E-state index in [1.807, 2.05) is 25.1 Å². The monoisotopic (exact) mass is 349 g/mol. The molecule has 128 valence electrons. The fourth-order valence-corrected chi connectivity index (χ4v) is 3.42. The van der Waals surface area contributed by atoms with Crippen LogP contribution in [0.4, 0.5) is 11.5 Å². The van der Waals surface area contributed by atoms with Crippen molar-refractivity contribution in [2.24, 2.45) is 0 Å². The van der Waals surface area contributed by atoms with Crippen LogP contribution in [-0.4, -0.2) is 25.9 Å². The molecule has 2 aromatic rings. The number of fused-ring (bicyclic) bond motifs is 1. The van der Waals surface area contributed by atoms with E-state index in [9.17, 15) is 8.42 Å². The van der Waals surface area contributed by atoms with Crippen molar-refractivity contribution in [3.8, 4) is 11.5 Å². The van der Waals surface area contributed by atoms with Gasteiger partial charge in [-0.2, -0.15) is 0 Å². The largest absolute Gasteiger partial charge is 0.454 e. The predicted molar refractivity (Wildman–Crippen MR) is 91.8 cm³/mol. The minimum Gasteiger partial charge on any atom is -0.454 e. The average molecular weight is 349 g/mol. The molecule has 1 aliphatic heterocycles. The van der Waals surface area contributed by atoms with Gasteiger partial charge in [-0.3, -0.25) is 4.72 Å². The Morgan fingerprint density at radius 2 is 2.00 bits per heavy atom. The molecule has 0 bridgehead atoms. The molecule has 0 unspecified atom stereocenters. The molecule has 7 nitrogen and oxygen atoms in total. The van der Waals surface area contributed by atoms with Crippen LogP contribution < -0.4 is 19.5 Å². The van der Waals surface area contributed by atoms with Crippen LogP contribution in [0.2, 0.25) is 0 Å². The number of hydrogen-bond acceptors (Lipinski definition) is 6. The van der Waals surface area contributed by atoms with Crippen molar-refractivity contribution in [2.75, 3.05) is 22.6 Å². The summed E-state index contributed by atoms with van der Waals surface area (Å²) in [6.07, 6.45) is 2.06. The highest BCUT2D eigenvalue weighted by Crippen LogP contribution is 2.32. The second-order valence-corrected chi connectivity index (χ2v) is 7.24. The zero-order valence-electron chi connectivity index (χ0n) is 13.3. The van der Waals surface area contributed by atoms with Gasteiger partial charge in [-0.05, 0) is 36.2 Å². The third-order valence-corrected chi connectivity index (χ3v) is 4.91. The lowest BCUT2D eigenvalue weighted by Crippen LogP contribution is -2.16. The molecule has 1 aromatic heterocycles. The standard InChI is InChI=1S/C16H19N3O4S/c1-2-7-24(20,21)19-13-4-6-16(18-10-13)17-9-12-3-5-14-15(8-12)23-11-22-14/h3-6,8,10,19H,2,7,9,11H2,1H3,(H,17,18). The zero-order chi connectivity index (χ0) is 17.0. The topological polar surface area (TPSA) is 89.6 Å². The molecule has 0 saturated heterocycles. The molecule has 0 radical (unpaired) electrons. The Kier molecular flexibility index (Phi) is 4.75. The number of pyridine rings is 1. The molecule has 1 aliphatic rings. The summed E-state index contributed by atoms with van der Waals surface area (Å²) in [5.41, 5.74) is 1.49. The molecule has 0 atom stereocenters. The molecule has 0 saturated carbocycles. The fourth-order valence-electron chi connectivity index (χ4n) is 2.30. The molecular weight excluding hydrogens is 330 g/mol. The molecule has 24 heavy (non-hydrogen) atoms. The first-order valence-electron chi connectivity index (χ1n) is 7.65. The van der Waals surface area contributed by atoms with E-state index in [-0.39, 0.29) is 12.5 Å². The highest BCUT2D eigenvalue weighted by Gasteiger charge is 2.13. The highest BCUT2D eigenvalue weighted by molar-refractivity contribution is 7.92. The van der Waals surface area contributed by atoms with Crippen LogP contribution in [-0.2, 0) is 16.6 Å². The number of nitrogens with zero attached hydrogens (tertiary/aromatic N) is 1. The molecular formula is C16H19N3O4S. The molecule has 0 amide bonds. The van der Waals surface area contributed by atoms with Crippen molar-refractivity contribution >= 4 is 21.5 Å². The molecule has 0 aliphatic carbocycles. The first-order chi connectivity index (χ1) is 11.6. The summed E-state index contributed by atoms with van der Waals surface area (Å²) in [7, 11) is -3.29. The van der Waals surface area contributed by atoms with E-state index in [0.717, 1.165) is 17.1 Å². The van der Waals surface area contributed by atoms with Crippen LogP contribution in [0.3, 0.4) is 0 Å². The van der Waals surface area contributed by atoms with E-state index in [2.05, 4.69) is 15.0 Å². The molecule has 2 heterocycles. The summed E-state index contributed by atoms with van der Waals surface area (Å²) in [5, 5.41) is 3.18. The van der Waals surface area contributed by atoms with Crippen LogP contribution in [0.5, 0.6) is 11.5 Å². The Bertz CT molecular complexity index is 807. The minimum absolute atomic E-state index is 0.0944. The Morgan fingerprint density at radius 1 is 1.17 bits per heavy atom. The molecule has 2 N–H and O–H groups in total. The van der Waals surface area contributed by atoms with Gasteiger partial charge >= 0.3 is 0 Å². The number of sulfonamides is 1. The SMILES string of the molecule is CCCS(=O)(=O)Nc1ccc(NCc2ccc3c(c2)OCO3)nc1. The average Bonchev–Trinajstić information content (AvgIpc) is 3.01. The fraction of sp³-hybridized carbons (Fsp3) is 0.312. The van der Waals surface area contributed by atoms with Crippen LogP contribution in [0.1, 0.15) is 18.9 Å². The van der Waals surface area contributed by atoms with Gasteiger partial charge in [0.05, 0.1) is 17.6 Å². The maximum absolute atomic E-state index is 11.7. The van der Waals surface area contributed by atoms with E-state index < -0.39 is 10.0 Å². The van der Waals surface area contributed by atoms with Crippen molar-refractivity contribution in [1.29, 1.82) is 0 Å². The van der Waals surface area contributed by atoms with Crippen molar-refractivity contribution in [2.45, 2.75) is 19.9 Å². The van der Waals surface area contributed by atoms with E-state index in [4.69, 9.17) is 9.47 Å². The van der Waals surface area contributed by atoms with Gasteiger partial charge in [-0.15, -0.1) is 0 Å². The first-order valence-corrected chi connectivity index (χ1v) is 9.30. The van der Waals surface area contributed by atoms with Crippen molar-refractivity contribution in [3.63, 3.8) is 0 Å². The lowest BCUT2D eigenvalue weighted by Gasteiger charge is -2.09. The van der Waals surface area contributed by atoms with Crippen LogP contribution in [0, 0.1) is 0 Å². The molecule has 0 spiro atoms. The summed E-state index contributed by atoms with van der Waals surface area (Å²) in [6.45, 7) is 2.65. The van der Waals surface area contributed by atoms with Crippen molar-refractivity contribution in [3.05, 3.63) is 42.1 Å². The summed E-state index contributed by atoms with van der Waals surface area (Å²) in [5.74, 6) is 2.24. The van der Waals surface area contributed by atoms with Crippen LogP contribution >= 0.6 is 0 Å². The van der Waals surface area contributed by atoms with E-state index in [1.54, 1.807) is 12.1 Å². The third kappa shape index (κ3) is 4.08. The Labute approximate surface area is 141 Å². The van der Waals surface area contributed by atoms with E-state index in [1.165, 1.54) is 6.20 Å². The number of nitrogens with one attached hydrogen (secondary N) is 2. The van der Waals surface area contributed by atoms with Gasteiger partial charge in [0.15, 0.2) is 11.5 Å². The lowest BCUT2D eigenvalue weighted by molar-refractivity contribution is 0.174. The van der Waals surface area contributed by atoms with Crippen molar-refractivity contribution < 1.29 is 17.9 Å². The summed E-state index contributed by atoms with van der Waals surface area (Å²) in [4.78, 5) is 4.22. The second kappa shape index (κ2) is 6.96. The van der Waals surface area contributed by atoms with Gasteiger partial charge in [0.1, 0.15) is 5.82 Å². The molecule has 8 heteroatoms. The summed E-state index contributed by atoms with van der Waals surface area (Å²) < 4.78 is 36.5. The first kappa shape index (κ1) is 16.4. The molecule has 0 fully saturated rings.